The number of rotatable bonds is 12. The Morgan fingerprint density at radius 3 is 2.64 bits per heavy atom. The molecule has 0 heterocycles. The topological polar surface area (TPSA) is 89.8 Å². The van der Waals surface area contributed by atoms with Crippen molar-refractivity contribution in [1.29, 1.82) is 0 Å². The van der Waals surface area contributed by atoms with E-state index in [0.717, 1.165) is 53.7 Å². The summed E-state index contributed by atoms with van der Waals surface area (Å²) in [5.41, 5.74) is 3.66. The first-order valence-corrected chi connectivity index (χ1v) is 15.5. The third-order valence-corrected chi connectivity index (χ3v) is 10.2. The molecule has 0 bridgehead atoms. The highest BCUT2D eigenvalue weighted by Crippen LogP contribution is 2.60. The normalized spacial score (nSPS) is 24.8. The summed E-state index contributed by atoms with van der Waals surface area (Å²) in [7, 11) is 0. The van der Waals surface area contributed by atoms with E-state index in [9.17, 15) is 15.0 Å². The van der Waals surface area contributed by atoms with E-state index in [1.54, 1.807) is 6.07 Å². The first-order chi connectivity index (χ1) is 20.1. The Labute approximate surface area is 250 Å². The lowest BCUT2D eigenvalue weighted by Crippen LogP contribution is -2.36. The number of aliphatic hydroxyl groups is 1. The van der Waals surface area contributed by atoms with Crippen LogP contribution in [-0.2, 0) is 4.79 Å². The minimum absolute atomic E-state index is 0.0442. The third kappa shape index (κ3) is 6.67. The smallest absolute Gasteiger partial charge is 0.164 e. The van der Waals surface area contributed by atoms with E-state index in [1.165, 1.54) is 18.4 Å². The molecule has 4 rings (SSSR count). The van der Waals surface area contributed by atoms with Crippen molar-refractivity contribution in [2.75, 3.05) is 13.2 Å². The van der Waals surface area contributed by atoms with E-state index in [2.05, 4.69) is 39.2 Å². The first-order valence-electron chi connectivity index (χ1n) is 15.5. The van der Waals surface area contributed by atoms with Gasteiger partial charge in [-0.1, -0.05) is 75.1 Å². The third-order valence-electron chi connectivity index (χ3n) is 10.2. The Kier molecular flexibility index (Phi) is 10.4. The van der Waals surface area contributed by atoms with Crippen LogP contribution >= 0.6 is 0 Å². The number of aliphatic carboxylic acids is 1. The molecule has 0 aromatic heterocycles. The lowest BCUT2D eigenvalue weighted by atomic mass is 9.60. The van der Waals surface area contributed by atoms with Gasteiger partial charge in [0, 0.05) is 24.5 Å². The number of aliphatic hydroxyl groups excluding tert-OH is 1. The molecule has 42 heavy (non-hydrogen) atoms. The highest BCUT2D eigenvalue weighted by Gasteiger charge is 2.50. The number of carbonyl (C=O) groups is 1. The number of carboxylic acid groups (broad SMARTS) is 1. The van der Waals surface area contributed by atoms with Crippen LogP contribution in [0.4, 0.5) is 0 Å². The van der Waals surface area contributed by atoms with Crippen LogP contribution in [0.5, 0.6) is 11.5 Å². The zero-order valence-corrected chi connectivity index (χ0v) is 25.5. The molecule has 0 amide bonds. The molecule has 0 aliphatic heterocycles. The number of carboxylic acids is 1. The maximum Gasteiger partial charge on any atom is 0.164 e. The van der Waals surface area contributed by atoms with Crippen molar-refractivity contribution in [3.05, 3.63) is 81.8 Å². The van der Waals surface area contributed by atoms with Gasteiger partial charge in [0.2, 0.25) is 0 Å². The van der Waals surface area contributed by atoms with Crippen LogP contribution in [0.1, 0.15) is 82.3 Å². The lowest BCUT2D eigenvalue weighted by Gasteiger charge is -2.44. The number of ether oxygens (including phenoxy) is 1. The standard InChI is InChI=1S/C37H48O5/c1-24(14-17-31(27(4)36(40)41)28-11-7-6-8-12-28)32-18-19-33-29(13-9-20-37(32,33)5)15-16-30-23-34(39)35(26(3)25(30)2)42-22-10-21-38/h6-8,11-12,15-16,23-24,31-33,38-39H,2,4,9-10,13-14,17-22H2,1,3,5H3,(H,40,41)/p-1/b29-15+,30-16-/t24-,31+,32-,33+,37-/m1/s1. The summed E-state index contributed by atoms with van der Waals surface area (Å²) in [5.74, 6) is 0.693. The second kappa shape index (κ2) is 13.8. The summed E-state index contributed by atoms with van der Waals surface area (Å²) in [6.07, 6.45) is 12.4. The Hall–Kier alpha value is -3.31. The van der Waals surface area contributed by atoms with Crippen molar-refractivity contribution >= 4 is 18.6 Å². The summed E-state index contributed by atoms with van der Waals surface area (Å²) < 4.78 is 5.71. The number of carbonyl (C=O) groups excluding carboxylic acids is 1. The van der Waals surface area contributed by atoms with E-state index in [1.807, 2.05) is 37.3 Å². The number of aromatic hydroxyl groups is 1. The van der Waals surface area contributed by atoms with Gasteiger partial charge in [-0.2, -0.15) is 0 Å². The molecule has 2 saturated carbocycles. The van der Waals surface area contributed by atoms with Gasteiger partial charge in [-0.15, -0.1) is 0 Å². The van der Waals surface area contributed by atoms with Crippen LogP contribution in [0.15, 0.2) is 60.2 Å². The molecule has 0 saturated heterocycles. The van der Waals surface area contributed by atoms with Crippen LogP contribution in [0, 0.1) is 30.1 Å². The fraction of sp³-hybridized carbons (Fsp3) is 0.486. The molecule has 0 unspecified atom stereocenters. The molecule has 2 aromatic rings. The molecule has 2 aliphatic rings. The summed E-state index contributed by atoms with van der Waals surface area (Å²) in [4.78, 5) is 11.7. The minimum atomic E-state index is -1.17. The molecule has 5 atom stereocenters. The molecular formula is C37H47O5-. The maximum atomic E-state index is 11.7. The summed E-state index contributed by atoms with van der Waals surface area (Å²) in [5, 5.41) is 33.2. The zero-order valence-electron chi connectivity index (χ0n) is 25.5. The number of phenols is 1. The number of phenolic OH excluding ortho intramolecular Hbond substituents is 1. The Balaban J connectivity index is 1.51. The maximum absolute atomic E-state index is 11.7. The van der Waals surface area contributed by atoms with Crippen molar-refractivity contribution in [3.8, 4) is 11.5 Å². The summed E-state index contributed by atoms with van der Waals surface area (Å²) >= 11 is 0. The zero-order chi connectivity index (χ0) is 30.4. The monoisotopic (exact) mass is 571 g/mol. The first kappa shape index (κ1) is 31.6. The second-order valence-corrected chi connectivity index (χ2v) is 12.7. The van der Waals surface area contributed by atoms with Gasteiger partial charge < -0.3 is 24.9 Å². The van der Waals surface area contributed by atoms with Crippen LogP contribution in [-0.4, -0.2) is 29.4 Å². The molecular weight excluding hydrogens is 524 g/mol. The van der Waals surface area contributed by atoms with E-state index < -0.39 is 5.97 Å². The number of hydrogen-bond donors (Lipinski definition) is 2. The Bertz CT molecular complexity index is 1410. The van der Waals surface area contributed by atoms with Gasteiger partial charge in [0.05, 0.1) is 12.6 Å². The average molecular weight is 572 g/mol. The number of benzene rings is 2. The SMILES string of the molecule is C=C(C(=O)[O-])[C@H](CC[C@@H](C)[C@H]1CC[C@H]2/C(=C/C=c3/cc(O)c(OCCCO)c(C)c3=C)CCC[C@]12C)c1ccccc1. The summed E-state index contributed by atoms with van der Waals surface area (Å²) in [6, 6.07) is 11.5. The van der Waals surface area contributed by atoms with Gasteiger partial charge in [-0.05, 0) is 103 Å². The van der Waals surface area contributed by atoms with E-state index in [-0.39, 0.29) is 29.3 Å². The van der Waals surface area contributed by atoms with Crippen molar-refractivity contribution < 1.29 is 24.9 Å². The van der Waals surface area contributed by atoms with Crippen LogP contribution in [0.3, 0.4) is 0 Å². The van der Waals surface area contributed by atoms with Crippen molar-refractivity contribution in [2.45, 2.75) is 78.1 Å². The predicted octanol–water partition coefficient (Wildman–Crippen LogP) is 5.30. The molecule has 5 heteroatoms. The molecule has 5 nitrogen and oxygen atoms in total. The molecule has 0 spiro atoms. The fourth-order valence-electron chi connectivity index (χ4n) is 7.83. The highest BCUT2D eigenvalue weighted by atomic mass is 16.5. The molecule has 2 fully saturated rings. The van der Waals surface area contributed by atoms with E-state index >= 15 is 0 Å². The molecule has 2 aliphatic carbocycles. The van der Waals surface area contributed by atoms with Crippen LogP contribution in [0.25, 0.3) is 12.7 Å². The minimum Gasteiger partial charge on any atom is -0.545 e. The summed E-state index contributed by atoms with van der Waals surface area (Å²) in [6.45, 7) is 15.2. The molecule has 226 valence electrons. The number of hydrogen-bond acceptors (Lipinski definition) is 5. The Morgan fingerprint density at radius 1 is 1.21 bits per heavy atom. The van der Waals surface area contributed by atoms with E-state index in [0.29, 0.717) is 36.5 Å². The van der Waals surface area contributed by atoms with Gasteiger partial charge in [0.25, 0.3) is 0 Å². The van der Waals surface area contributed by atoms with Crippen LogP contribution in [0.2, 0.25) is 0 Å². The number of allylic oxidation sites excluding steroid dienone is 2. The molecule has 2 aromatic carbocycles. The van der Waals surface area contributed by atoms with Crippen molar-refractivity contribution in [2.24, 2.45) is 23.2 Å². The quantitative estimate of drug-likeness (QED) is 0.267. The molecule has 0 radical (unpaired) electrons. The molecule has 2 N–H and O–H groups in total. The van der Waals surface area contributed by atoms with Gasteiger partial charge >= 0.3 is 0 Å². The largest absolute Gasteiger partial charge is 0.545 e. The van der Waals surface area contributed by atoms with E-state index in [4.69, 9.17) is 9.84 Å². The van der Waals surface area contributed by atoms with Gasteiger partial charge in [0.1, 0.15) is 0 Å². The van der Waals surface area contributed by atoms with Crippen LogP contribution < -0.4 is 20.3 Å². The van der Waals surface area contributed by atoms with Crippen molar-refractivity contribution in [1.82, 2.24) is 0 Å². The highest BCUT2D eigenvalue weighted by molar-refractivity contribution is 5.85. The van der Waals surface area contributed by atoms with Gasteiger partial charge in [0.15, 0.2) is 11.5 Å². The van der Waals surface area contributed by atoms with Gasteiger partial charge in [-0.3, -0.25) is 0 Å². The Morgan fingerprint density at radius 2 is 1.95 bits per heavy atom. The van der Waals surface area contributed by atoms with Crippen molar-refractivity contribution in [3.63, 3.8) is 0 Å². The predicted molar refractivity (Wildman–Crippen MR) is 167 cm³/mol. The second-order valence-electron chi connectivity index (χ2n) is 12.7. The van der Waals surface area contributed by atoms with Gasteiger partial charge in [-0.25, -0.2) is 0 Å². The number of fused-ring (bicyclic) bond motifs is 1. The lowest BCUT2D eigenvalue weighted by molar-refractivity contribution is -0.299. The average Bonchev–Trinajstić information content (AvgIpc) is 3.34. The fourth-order valence-corrected chi connectivity index (χ4v) is 7.83.